The number of pyridine rings is 4. The fourth-order valence-electron chi connectivity index (χ4n) is 16.5. The number of likely N-dealkylation sites (N-methyl/N-ethyl adjacent to an activating group) is 5. The van der Waals surface area contributed by atoms with Gasteiger partial charge in [-0.2, -0.15) is 13.5 Å². The summed E-state index contributed by atoms with van der Waals surface area (Å²) < 4.78 is 130. The van der Waals surface area contributed by atoms with Gasteiger partial charge in [0.2, 0.25) is 11.8 Å². The molecule has 0 bridgehead atoms. The van der Waals surface area contributed by atoms with Crippen molar-refractivity contribution in [3.05, 3.63) is 265 Å². The van der Waals surface area contributed by atoms with Crippen LogP contribution in [0.2, 0.25) is 0 Å². The van der Waals surface area contributed by atoms with Gasteiger partial charge in [-0.15, -0.1) is 4.09 Å². The summed E-state index contributed by atoms with van der Waals surface area (Å²) in [5, 5.41) is 38.0. The van der Waals surface area contributed by atoms with Gasteiger partial charge in [0.25, 0.3) is 66.0 Å². The van der Waals surface area contributed by atoms with E-state index in [-0.39, 0.29) is 46.5 Å². The van der Waals surface area contributed by atoms with Crippen molar-refractivity contribution in [1.29, 1.82) is 0 Å². The van der Waals surface area contributed by atoms with Crippen molar-refractivity contribution in [3.8, 4) is 17.4 Å². The summed E-state index contributed by atoms with van der Waals surface area (Å²) in [6.45, 7) is 9.72. The maximum Gasteiger partial charge on any atom is 0.290 e. The SMILES string of the molecule is CN1CC=C(c2cn(S(=O)(=O)c3ccc(Oc4ccccc4)nc3)c3cccnc23)CC1.CN1CC=C(c2cn(S(=O)(=O)c3cccc4c3CN(C)CC4)c3cccnc23)CC1.CN1CC=C(c2nn(S(=O)(=O)c3ccc4oncc4c3)c3ncccc23)CC1.COc1ccc2c(c1)c(C1=CCN(C)CC1)cn2S(=O)(=O)c1ccc2c(c1)CCN2C(C)=O.O=CO.O=CO.O=CO.O=CO. The monoisotopic (exact) mass is 1910 g/mol. The van der Waals surface area contributed by atoms with Crippen LogP contribution in [-0.4, -0.2) is 264 Å². The highest BCUT2D eigenvalue weighted by molar-refractivity contribution is 7.91. The average Bonchev–Trinajstić information content (AvgIpc) is 1.63. The summed E-state index contributed by atoms with van der Waals surface area (Å²) in [6.07, 6.45) is 26.5. The van der Waals surface area contributed by atoms with Gasteiger partial charge in [0, 0.05) is 161 Å². The minimum absolute atomic E-state index is 0.0363. The minimum Gasteiger partial charge on any atom is -0.497 e. The molecule has 6 aliphatic heterocycles. The lowest BCUT2D eigenvalue weighted by atomic mass is 9.99. The highest BCUT2D eigenvalue weighted by Gasteiger charge is 2.34. The molecule has 9 aromatic heterocycles. The molecule has 0 radical (unpaired) electrons. The van der Waals surface area contributed by atoms with Crippen LogP contribution >= 0.6 is 0 Å². The molecule has 36 nitrogen and oxygen atoms in total. The minimum atomic E-state index is -3.93. The number of benzene rings is 5. The average molecular weight is 1910 g/mol. The maximum absolute atomic E-state index is 13.9. The molecule has 4 N–H and O–H groups in total. The lowest BCUT2D eigenvalue weighted by Gasteiger charge is -2.27. The first-order chi connectivity index (χ1) is 65.0. The lowest BCUT2D eigenvalue weighted by Crippen LogP contribution is -2.28. The third-order valence-corrected chi connectivity index (χ3v) is 30.0. The van der Waals surface area contributed by atoms with Crippen molar-refractivity contribution >= 4 is 155 Å². The van der Waals surface area contributed by atoms with E-state index in [0.29, 0.717) is 86.2 Å². The van der Waals surface area contributed by atoms with Crippen molar-refractivity contribution in [2.24, 2.45) is 0 Å². The molecule has 14 aromatic rings. The fraction of sp³-hybridized carbons (Fsp3) is 0.253. The Morgan fingerprint density at radius 1 is 0.444 bits per heavy atom. The number of aromatic nitrogens is 10. The summed E-state index contributed by atoms with van der Waals surface area (Å²) in [6, 6.07) is 43.9. The lowest BCUT2D eigenvalue weighted by molar-refractivity contribution is -0.123. The highest BCUT2D eigenvalue weighted by Crippen LogP contribution is 2.41. The molecule has 0 unspecified atom stereocenters. The molecule has 6 aliphatic rings. The van der Waals surface area contributed by atoms with Gasteiger partial charge in [0.15, 0.2) is 11.2 Å². The first-order valence-electron chi connectivity index (χ1n) is 42.5. The number of carbonyl (C=O) groups is 5. The van der Waals surface area contributed by atoms with Gasteiger partial charge in [-0.25, -0.2) is 47.1 Å². The van der Waals surface area contributed by atoms with E-state index >= 15 is 0 Å². The third-order valence-electron chi connectivity index (χ3n) is 23.4. The molecule has 0 spiro atoms. The number of ether oxygens (including phenoxy) is 2. The van der Waals surface area contributed by atoms with Gasteiger partial charge in [-0.05, 0) is 228 Å². The zero-order valence-corrected chi connectivity index (χ0v) is 78.1. The van der Waals surface area contributed by atoms with Crippen LogP contribution in [0.25, 0.3) is 77.3 Å². The summed E-state index contributed by atoms with van der Waals surface area (Å²) >= 11 is 0. The van der Waals surface area contributed by atoms with Crippen LogP contribution in [0.15, 0.2) is 250 Å². The second-order valence-corrected chi connectivity index (χ2v) is 39.2. The number of hydrogen-bond donors (Lipinski definition) is 4. The number of amides is 1. The number of anilines is 1. The van der Waals surface area contributed by atoms with E-state index < -0.39 is 40.1 Å². The van der Waals surface area contributed by atoms with Crippen molar-refractivity contribution in [1.82, 2.24) is 70.7 Å². The Hall–Kier alpha value is -14.2. The van der Waals surface area contributed by atoms with Crippen molar-refractivity contribution in [2.45, 2.75) is 71.6 Å². The van der Waals surface area contributed by atoms with Gasteiger partial charge in [0.05, 0.1) is 67.5 Å². The van der Waals surface area contributed by atoms with Crippen LogP contribution in [0.3, 0.4) is 0 Å². The van der Waals surface area contributed by atoms with E-state index in [9.17, 15) is 38.5 Å². The first-order valence-corrected chi connectivity index (χ1v) is 48.3. The van der Waals surface area contributed by atoms with Crippen LogP contribution in [0.1, 0.15) is 71.7 Å². The normalized spacial score (nSPS) is 15.4. The first kappa shape index (κ1) is 98.3. The van der Waals surface area contributed by atoms with Crippen molar-refractivity contribution < 1.29 is 92.1 Å². The Kier molecular flexibility index (Phi) is 31.8. The molecule has 15 heterocycles. The molecule has 0 atom stereocenters. The quantitative estimate of drug-likeness (QED) is 0.0692. The number of carboxylic acid groups (broad SMARTS) is 4. The largest absolute Gasteiger partial charge is 0.497 e. The number of para-hydroxylation sites is 1. The van der Waals surface area contributed by atoms with Crippen LogP contribution in [0.4, 0.5) is 5.69 Å². The molecular weight excluding hydrogens is 1810 g/mol. The summed E-state index contributed by atoms with van der Waals surface area (Å²) in [5.41, 5.74) is 15.6. The molecule has 1 amide bonds. The van der Waals surface area contributed by atoms with Crippen molar-refractivity contribution in [2.75, 3.05) is 113 Å². The summed E-state index contributed by atoms with van der Waals surface area (Å²) in [4.78, 5) is 76.5. The zero-order valence-electron chi connectivity index (χ0n) is 74.8. The van der Waals surface area contributed by atoms with Crippen LogP contribution < -0.4 is 14.4 Å². The molecule has 0 saturated heterocycles. The number of carbonyl (C=O) groups excluding carboxylic acids is 1. The van der Waals surface area contributed by atoms with E-state index in [0.717, 1.165) is 167 Å². The van der Waals surface area contributed by atoms with E-state index in [2.05, 4.69) is 107 Å². The standard InChI is InChI=1S/C25H27N3O4S.C24H22N4O3S.C23H26N4O2S.C19H17N5O3S.4CH2O2/c1-17(29)27-13-10-19-14-21(5-7-24(19)27)33(30,31)28-16-23(18-8-11-26(2)12-9-18)22-15-20(32-3)4-6-25(22)28;1-27-14-11-18(12-15-27)21-17-28(22-8-5-13-25-24(21)22)32(29,30)20-9-10-23(26-16-20)31-19-6-3-2-4-7-19;1-25-12-8-18(9-13-25)20-16-27(21-6-4-11-24-23(20)21)30(28,29)22-7-3-5-17-10-14-26(2)15-19(17)22;1-23-9-6-13(7-10-23)18-16-3-2-8-20-19(16)24(22-18)28(25,26)15-4-5-17-14(11-15)12-21-27-17;4*2-1-3/h4-8,14-16H,9-13H2,1-3H3;2-11,13,16-17H,12,14-15H2,1H3;3-8,11,16H,9-10,12-15H2,1-2H3;2-6,8,11-12H,7,9-10H2,1H3;4*1H,(H,2,3). The molecule has 40 heteroatoms. The van der Waals surface area contributed by atoms with E-state index in [1.54, 1.807) is 122 Å². The molecule has 0 aliphatic carbocycles. The van der Waals surface area contributed by atoms with E-state index in [4.69, 9.17) is 53.6 Å². The Morgan fingerprint density at radius 2 is 0.956 bits per heavy atom. The number of hydrogen-bond acceptors (Lipinski definition) is 27. The number of fused-ring (bicyclic) bond motifs is 7. The molecular formula is C95H100N16O20S4. The van der Waals surface area contributed by atoms with Gasteiger partial charge < -0.3 is 63.8 Å². The number of rotatable bonds is 15. The Bertz CT molecular complexity index is 7310. The molecule has 20 rings (SSSR count). The van der Waals surface area contributed by atoms with Gasteiger partial charge in [-0.1, -0.05) is 59.8 Å². The second-order valence-electron chi connectivity index (χ2n) is 32.0. The van der Waals surface area contributed by atoms with E-state index in [1.807, 2.05) is 67.7 Å². The van der Waals surface area contributed by atoms with Gasteiger partial charge >= 0.3 is 0 Å². The Balaban J connectivity index is 0.000000147. The fourth-order valence-corrected chi connectivity index (χ4v) is 22.1. The predicted molar refractivity (Wildman–Crippen MR) is 510 cm³/mol. The number of methoxy groups -OCH3 is 1. The molecule has 0 fully saturated rings. The molecule has 704 valence electrons. The maximum atomic E-state index is 13.9. The third kappa shape index (κ3) is 21.8. The summed E-state index contributed by atoms with van der Waals surface area (Å²) in [5.74, 6) is 1.61. The van der Waals surface area contributed by atoms with Crippen LogP contribution in [0.5, 0.6) is 17.4 Å². The Morgan fingerprint density at radius 3 is 1.52 bits per heavy atom. The van der Waals surface area contributed by atoms with Gasteiger partial charge in [0.1, 0.15) is 16.4 Å². The molecule has 135 heavy (non-hydrogen) atoms. The van der Waals surface area contributed by atoms with Crippen LogP contribution in [-0.2, 0) is 83.5 Å². The highest BCUT2D eigenvalue weighted by atomic mass is 32.2. The van der Waals surface area contributed by atoms with Crippen LogP contribution in [0, 0.1) is 0 Å². The topological polar surface area (TPSA) is 451 Å². The smallest absolute Gasteiger partial charge is 0.290 e. The second kappa shape index (κ2) is 43.6. The van der Waals surface area contributed by atoms with Gasteiger partial charge in [-0.3, -0.25) is 33.9 Å². The molecule has 5 aromatic carbocycles. The number of nitrogens with zero attached hydrogens (tertiary/aromatic N) is 16. The van der Waals surface area contributed by atoms with E-state index in [1.165, 1.54) is 55.0 Å². The van der Waals surface area contributed by atoms with Crippen molar-refractivity contribution in [3.63, 3.8) is 0 Å². The Labute approximate surface area is 779 Å². The molecule has 0 saturated carbocycles. The zero-order chi connectivity index (χ0) is 96.5. The predicted octanol–water partition coefficient (Wildman–Crippen LogP) is 12.0. The summed E-state index contributed by atoms with van der Waals surface area (Å²) in [7, 11) is -3.45.